The van der Waals surface area contributed by atoms with Crippen molar-refractivity contribution in [3.63, 3.8) is 0 Å². The van der Waals surface area contributed by atoms with Crippen LogP contribution in [0.4, 0.5) is 11.4 Å². The van der Waals surface area contributed by atoms with Crippen LogP contribution in [0.25, 0.3) is 10.8 Å². The van der Waals surface area contributed by atoms with Gasteiger partial charge in [-0.3, -0.25) is 4.55 Å². The molecule has 0 aliphatic rings. The van der Waals surface area contributed by atoms with Gasteiger partial charge in [-0.2, -0.15) is 8.42 Å². The summed E-state index contributed by atoms with van der Waals surface area (Å²) in [5.41, 5.74) is 0.00983. The van der Waals surface area contributed by atoms with E-state index >= 15 is 0 Å². The van der Waals surface area contributed by atoms with Crippen molar-refractivity contribution in [1.82, 2.24) is 0 Å². The third-order valence-electron chi connectivity index (χ3n) is 3.45. The highest BCUT2D eigenvalue weighted by molar-refractivity contribution is 7.86. The van der Waals surface area contributed by atoms with Crippen LogP contribution in [0.15, 0.2) is 63.7 Å². The molecular weight excluding hydrogens is 348 g/mol. The number of rotatable bonds is 3. The first-order valence-corrected chi connectivity index (χ1v) is 8.37. The van der Waals surface area contributed by atoms with Gasteiger partial charge in [0.05, 0.1) is 0 Å². The van der Waals surface area contributed by atoms with Crippen LogP contribution in [-0.2, 0) is 10.1 Å². The Balaban J connectivity index is 2.21. The van der Waals surface area contributed by atoms with Gasteiger partial charge in [-0.05, 0) is 12.1 Å². The first kappa shape index (κ1) is 16.7. The third kappa shape index (κ3) is 3.23. The molecule has 3 aromatic carbocycles. The van der Waals surface area contributed by atoms with Crippen LogP contribution in [0.3, 0.4) is 0 Å². The maximum atomic E-state index is 11.5. The van der Waals surface area contributed by atoms with Gasteiger partial charge in [-0.1, -0.05) is 24.3 Å². The van der Waals surface area contributed by atoms with Crippen molar-refractivity contribution in [3.8, 4) is 17.2 Å². The fourth-order valence-corrected chi connectivity index (χ4v) is 3.05. The van der Waals surface area contributed by atoms with E-state index in [1.165, 1.54) is 24.3 Å². The summed E-state index contributed by atoms with van der Waals surface area (Å²) in [7, 11) is -4.55. The van der Waals surface area contributed by atoms with Crippen LogP contribution in [0.5, 0.6) is 17.2 Å². The average Bonchev–Trinajstić information content (AvgIpc) is 2.54. The lowest BCUT2D eigenvalue weighted by molar-refractivity contribution is 0.451. The Morgan fingerprint density at radius 3 is 2.12 bits per heavy atom. The average molecular weight is 360 g/mol. The largest absolute Gasteiger partial charge is 0.508 e. The number of phenols is 3. The SMILES string of the molecule is O=S(=O)(O)c1cc(O)c(/N=N/c2ccc(O)cc2O)c2ccccc12. The molecule has 0 saturated carbocycles. The Kier molecular flexibility index (Phi) is 4.03. The van der Waals surface area contributed by atoms with Gasteiger partial charge in [0.2, 0.25) is 0 Å². The van der Waals surface area contributed by atoms with E-state index in [4.69, 9.17) is 0 Å². The number of hydrogen-bond donors (Lipinski definition) is 4. The Morgan fingerprint density at radius 2 is 1.48 bits per heavy atom. The summed E-state index contributed by atoms with van der Waals surface area (Å²) in [5.74, 6) is -0.974. The van der Waals surface area contributed by atoms with Crippen molar-refractivity contribution < 1.29 is 28.3 Å². The molecule has 0 saturated heterocycles. The van der Waals surface area contributed by atoms with Crippen molar-refractivity contribution in [1.29, 1.82) is 0 Å². The van der Waals surface area contributed by atoms with E-state index < -0.39 is 20.8 Å². The van der Waals surface area contributed by atoms with E-state index in [9.17, 15) is 28.3 Å². The summed E-state index contributed by atoms with van der Waals surface area (Å²) < 4.78 is 32.3. The minimum Gasteiger partial charge on any atom is -0.508 e. The molecule has 9 heteroatoms. The van der Waals surface area contributed by atoms with Crippen molar-refractivity contribution in [2.75, 3.05) is 0 Å². The van der Waals surface area contributed by atoms with Crippen LogP contribution in [-0.4, -0.2) is 28.3 Å². The summed E-state index contributed by atoms with van der Waals surface area (Å²) in [5, 5.41) is 37.2. The Bertz CT molecular complexity index is 1110. The zero-order valence-corrected chi connectivity index (χ0v) is 13.3. The van der Waals surface area contributed by atoms with E-state index in [2.05, 4.69) is 10.2 Å². The van der Waals surface area contributed by atoms with Crippen LogP contribution >= 0.6 is 0 Å². The number of benzene rings is 3. The van der Waals surface area contributed by atoms with Gasteiger partial charge < -0.3 is 15.3 Å². The fourth-order valence-electron chi connectivity index (χ4n) is 2.33. The fraction of sp³-hybridized carbons (Fsp3) is 0. The molecule has 3 aromatic rings. The highest BCUT2D eigenvalue weighted by atomic mass is 32.2. The topological polar surface area (TPSA) is 140 Å². The molecule has 0 aromatic heterocycles. The molecule has 0 fully saturated rings. The lowest BCUT2D eigenvalue weighted by Crippen LogP contribution is -1.99. The van der Waals surface area contributed by atoms with E-state index in [1.54, 1.807) is 12.1 Å². The van der Waals surface area contributed by atoms with Crippen molar-refractivity contribution in [2.45, 2.75) is 4.90 Å². The molecule has 0 aliphatic carbocycles. The maximum Gasteiger partial charge on any atom is 0.295 e. The second-order valence-corrected chi connectivity index (χ2v) is 6.53. The summed E-state index contributed by atoms with van der Waals surface area (Å²) in [6.45, 7) is 0. The molecule has 128 valence electrons. The van der Waals surface area contributed by atoms with Crippen LogP contribution < -0.4 is 0 Å². The monoisotopic (exact) mass is 360 g/mol. The Labute approximate surface area is 142 Å². The van der Waals surface area contributed by atoms with E-state index in [-0.39, 0.29) is 33.6 Å². The standard InChI is InChI=1S/C16H12N2O6S/c19-9-5-6-12(13(20)7-9)17-18-16-11-4-2-1-3-10(11)15(8-14(16)21)25(22,23)24/h1-8,19-21H,(H,22,23,24)/b18-17+. The molecule has 0 amide bonds. The molecule has 8 nitrogen and oxygen atoms in total. The molecule has 0 radical (unpaired) electrons. The molecule has 0 bridgehead atoms. The highest BCUT2D eigenvalue weighted by Crippen LogP contribution is 2.40. The van der Waals surface area contributed by atoms with Gasteiger partial charge in [0.15, 0.2) is 0 Å². The van der Waals surface area contributed by atoms with Crippen LogP contribution in [0.1, 0.15) is 0 Å². The summed E-state index contributed by atoms with van der Waals surface area (Å²) in [4.78, 5) is -0.452. The molecule has 3 rings (SSSR count). The van der Waals surface area contributed by atoms with Crippen molar-refractivity contribution >= 4 is 32.3 Å². The molecule has 0 aliphatic heterocycles. The highest BCUT2D eigenvalue weighted by Gasteiger charge is 2.19. The molecule has 4 N–H and O–H groups in total. The Hall–Kier alpha value is -3.17. The smallest absolute Gasteiger partial charge is 0.295 e. The second-order valence-electron chi connectivity index (χ2n) is 5.14. The van der Waals surface area contributed by atoms with E-state index in [1.807, 2.05) is 0 Å². The lowest BCUT2D eigenvalue weighted by Gasteiger charge is -2.08. The summed E-state index contributed by atoms with van der Waals surface area (Å²) in [6.07, 6.45) is 0. The quantitative estimate of drug-likeness (QED) is 0.415. The first-order chi connectivity index (χ1) is 11.8. The minimum absolute atomic E-state index is 0.0320. The maximum absolute atomic E-state index is 11.5. The van der Waals surface area contributed by atoms with Gasteiger partial charge in [0.25, 0.3) is 10.1 Å². The number of nitrogens with zero attached hydrogens (tertiary/aromatic N) is 2. The van der Waals surface area contributed by atoms with Gasteiger partial charge in [0.1, 0.15) is 33.5 Å². The van der Waals surface area contributed by atoms with Crippen LogP contribution in [0, 0.1) is 0 Å². The lowest BCUT2D eigenvalue weighted by atomic mass is 10.1. The normalized spacial score (nSPS) is 12.0. The first-order valence-electron chi connectivity index (χ1n) is 6.93. The molecule has 0 spiro atoms. The number of aromatic hydroxyl groups is 3. The third-order valence-corrected chi connectivity index (χ3v) is 4.35. The van der Waals surface area contributed by atoms with Gasteiger partial charge in [-0.25, -0.2) is 0 Å². The molecule has 25 heavy (non-hydrogen) atoms. The number of fused-ring (bicyclic) bond motifs is 1. The van der Waals surface area contributed by atoms with Crippen molar-refractivity contribution in [2.24, 2.45) is 10.2 Å². The van der Waals surface area contributed by atoms with Gasteiger partial charge in [0, 0.05) is 22.9 Å². The Morgan fingerprint density at radius 1 is 0.800 bits per heavy atom. The number of azo groups is 1. The van der Waals surface area contributed by atoms with Crippen molar-refractivity contribution in [3.05, 3.63) is 48.5 Å². The van der Waals surface area contributed by atoms with Gasteiger partial charge in [-0.15, -0.1) is 10.2 Å². The zero-order chi connectivity index (χ0) is 18.2. The summed E-state index contributed by atoms with van der Waals surface area (Å²) in [6, 6.07) is 10.7. The minimum atomic E-state index is -4.55. The zero-order valence-electron chi connectivity index (χ0n) is 12.5. The molecule has 0 unspecified atom stereocenters. The summed E-state index contributed by atoms with van der Waals surface area (Å²) >= 11 is 0. The predicted molar refractivity (Wildman–Crippen MR) is 89.4 cm³/mol. The number of hydrogen-bond acceptors (Lipinski definition) is 7. The second kappa shape index (κ2) is 6.04. The molecular formula is C16H12N2O6S. The van der Waals surface area contributed by atoms with Gasteiger partial charge >= 0.3 is 0 Å². The predicted octanol–water partition coefficient (Wildman–Crippen LogP) is 3.62. The molecule has 0 heterocycles. The number of phenolic OH excluding ortho intramolecular Hbond substituents is 3. The van der Waals surface area contributed by atoms with Crippen LogP contribution in [0.2, 0.25) is 0 Å². The van der Waals surface area contributed by atoms with E-state index in [0.717, 1.165) is 12.1 Å². The van der Waals surface area contributed by atoms with E-state index in [0.29, 0.717) is 0 Å². The molecule has 0 atom stereocenters.